The van der Waals surface area contributed by atoms with Crippen molar-refractivity contribution in [2.24, 2.45) is 5.73 Å². The van der Waals surface area contributed by atoms with Crippen LogP contribution in [0.2, 0.25) is 0 Å². The molecule has 0 saturated carbocycles. The maximum Gasteiger partial charge on any atom is 0.0478 e. The van der Waals surface area contributed by atoms with Crippen molar-refractivity contribution in [2.45, 2.75) is 32.2 Å². The first kappa shape index (κ1) is 15.5. The van der Waals surface area contributed by atoms with E-state index in [2.05, 4.69) is 22.1 Å². The van der Waals surface area contributed by atoms with Crippen molar-refractivity contribution in [1.29, 1.82) is 0 Å². The molecule has 18 heavy (non-hydrogen) atoms. The fourth-order valence-electron chi connectivity index (χ4n) is 1.98. The van der Waals surface area contributed by atoms with E-state index in [1.54, 1.807) is 0 Å². The second-order valence-electron chi connectivity index (χ2n) is 4.77. The quantitative estimate of drug-likeness (QED) is 0.438. The molecule has 1 fully saturated rings. The standard InChI is InChI=1S/C14H27N3O/c1-2-3-4-7-16-8-5-10-18-11-6-9-17-12-14(15)13-17/h14,16H,4-13,15H2,1H3. The summed E-state index contributed by atoms with van der Waals surface area (Å²) in [5.74, 6) is 5.92. The number of hydrogen-bond acceptors (Lipinski definition) is 4. The zero-order valence-electron chi connectivity index (χ0n) is 11.6. The predicted molar refractivity (Wildman–Crippen MR) is 75.4 cm³/mol. The van der Waals surface area contributed by atoms with Gasteiger partial charge in [-0.25, -0.2) is 0 Å². The Morgan fingerprint density at radius 2 is 2.06 bits per heavy atom. The van der Waals surface area contributed by atoms with Gasteiger partial charge in [-0.3, -0.25) is 0 Å². The largest absolute Gasteiger partial charge is 0.381 e. The highest BCUT2D eigenvalue weighted by Gasteiger charge is 2.21. The molecule has 4 nitrogen and oxygen atoms in total. The molecule has 0 aromatic carbocycles. The second-order valence-corrected chi connectivity index (χ2v) is 4.77. The van der Waals surface area contributed by atoms with Crippen LogP contribution in [0.15, 0.2) is 0 Å². The SMILES string of the molecule is CC#CCCNCCCOCCCN1CC(N)C1. The van der Waals surface area contributed by atoms with Crippen LogP contribution in [0.1, 0.15) is 26.2 Å². The van der Waals surface area contributed by atoms with Crippen molar-refractivity contribution >= 4 is 0 Å². The molecule has 1 aliphatic rings. The third-order valence-electron chi connectivity index (χ3n) is 2.99. The summed E-state index contributed by atoms with van der Waals surface area (Å²) in [5, 5.41) is 3.35. The molecule has 0 amide bonds. The highest BCUT2D eigenvalue weighted by atomic mass is 16.5. The number of likely N-dealkylation sites (tertiary alicyclic amines) is 1. The summed E-state index contributed by atoms with van der Waals surface area (Å²) in [6.07, 6.45) is 3.13. The molecule has 0 bridgehead atoms. The van der Waals surface area contributed by atoms with Gasteiger partial charge in [0.15, 0.2) is 0 Å². The minimum atomic E-state index is 0.411. The predicted octanol–water partition coefficient (Wildman–Crippen LogP) is 0.429. The topological polar surface area (TPSA) is 50.5 Å². The van der Waals surface area contributed by atoms with Gasteiger partial charge in [-0.15, -0.1) is 11.8 Å². The van der Waals surface area contributed by atoms with Crippen LogP contribution in [-0.4, -0.2) is 56.9 Å². The molecule has 1 aliphatic heterocycles. The zero-order chi connectivity index (χ0) is 13.1. The smallest absolute Gasteiger partial charge is 0.0478 e. The minimum Gasteiger partial charge on any atom is -0.381 e. The molecule has 1 rings (SSSR count). The Morgan fingerprint density at radius 3 is 2.78 bits per heavy atom. The first-order valence-corrected chi connectivity index (χ1v) is 6.99. The van der Waals surface area contributed by atoms with E-state index >= 15 is 0 Å². The molecule has 4 heteroatoms. The van der Waals surface area contributed by atoms with Gasteiger partial charge in [-0.05, 0) is 26.3 Å². The van der Waals surface area contributed by atoms with Crippen molar-refractivity contribution < 1.29 is 4.74 Å². The molecule has 0 radical (unpaired) electrons. The molecule has 0 unspecified atom stereocenters. The van der Waals surface area contributed by atoms with Crippen molar-refractivity contribution in [3.05, 3.63) is 0 Å². The van der Waals surface area contributed by atoms with Crippen LogP contribution in [-0.2, 0) is 4.74 Å². The van der Waals surface area contributed by atoms with Crippen LogP contribution in [0.25, 0.3) is 0 Å². The average Bonchev–Trinajstić information content (AvgIpc) is 2.33. The third-order valence-corrected chi connectivity index (χ3v) is 2.99. The summed E-state index contributed by atoms with van der Waals surface area (Å²) in [6, 6.07) is 0.411. The van der Waals surface area contributed by atoms with E-state index in [9.17, 15) is 0 Å². The summed E-state index contributed by atoms with van der Waals surface area (Å²) in [6.45, 7) is 8.85. The first-order valence-electron chi connectivity index (χ1n) is 6.99. The maximum atomic E-state index is 5.71. The van der Waals surface area contributed by atoms with E-state index < -0.39 is 0 Å². The van der Waals surface area contributed by atoms with Gasteiger partial charge in [0.25, 0.3) is 0 Å². The molecule has 0 aromatic heterocycles. The van der Waals surface area contributed by atoms with Crippen LogP contribution in [0.3, 0.4) is 0 Å². The van der Waals surface area contributed by atoms with E-state index in [1.165, 1.54) is 0 Å². The van der Waals surface area contributed by atoms with Gasteiger partial charge in [-0.2, -0.15) is 0 Å². The average molecular weight is 253 g/mol. The molecule has 3 N–H and O–H groups in total. The lowest BCUT2D eigenvalue weighted by Crippen LogP contribution is -2.55. The number of rotatable bonds is 10. The Kier molecular flexibility index (Phi) is 8.87. The normalized spacial score (nSPS) is 16.1. The van der Waals surface area contributed by atoms with Crippen LogP contribution in [0.4, 0.5) is 0 Å². The lowest BCUT2D eigenvalue weighted by atomic mass is 10.1. The van der Waals surface area contributed by atoms with Crippen LogP contribution in [0.5, 0.6) is 0 Å². The molecule has 0 aromatic rings. The molecular formula is C14H27N3O. The molecule has 0 spiro atoms. The highest BCUT2D eigenvalue weighted by molar-refractivity contribution is 4.95. The van der Waals surface area contributed by atoms with Crippen LogP contribution >= 0.6 is 0 Å². The Labute approximate surface area is 111 Å². The summed E-state index contributed by atoms with van der Waals surface area (Å²) in [7, 11) is 0. The number of nitrogens with two attached hydrogens (primary N) is 1. The summed E-state index contributed by atoms with van der Waals surface area (Å²) in [5.41, 5.74) is 5.71. The second kappa shape index (κ2) is 10.3. The fourth-order valence-corrected chi connectivity index (χ4v) is 1.98. The number of hydrogen-bond donors (Lipinski definition) is 2. The molecule has 104 valence electrons. The fraction of sp³-hybridized carbons (Fsp3) is 0.857. The lowest BCUT2D eigenvalue weighted by molar-refractivity contribution is 0.0976. The van der Waals surface area contributed by atoms with Gasteiger partial charge in [0.2, 0.25) is 0 Å². The third kappa shape index (κ3) is 7.67. The Bertz CT molecular complexity index is 254. The zero-order valence-corrected chi connectivity index (χ0v) is 11.6. The minimum absolute atomic E-state index is 0.411. The van der Waals surface area contributed by atoms with Crippen LogP contribution < -0.4 is 11.1 Å². The highest BCUT2D eigenvalue weighted by Crippen LogP contribution is 2.05. The Morgan fingerprint density at radius 1 is 1.28 bits per heavy atom. The van der Waals surface area contributed by atoms with Gasteiger partial charge in [0.1, 0.15) is 0 Å². The Balaban J connectivity index is 1.69. The summed E-state index contributed by atoms with van der Waals surface area (Å²) >= 11 is 0. The van der Waals surface area contributed by atoms with E-state index in [0.717, 1.165) is 65.2 Å². The lowest BCUT2D eigenvalue weighted by Gasteiger charge is -2.36. The molecule has 1 saturated heterocycles. The van der Waals surface area contributed by atoms with E-state index in [1.807, 2.05) is 6.92 Å². The van der Waals surface area contributed by atoms with Crippen molar-refractivity contribution in [3.63, 3.8) is 0 Å². The van der Waals surface area contributed by atoms with Gasteiger partial charge >= 0.3 is 0 Å². The summed E-state index contributed by atoms with van der Waals surface area (Å²) in [4.78, 5) is 2.38. The molecule has 1 heterocycles. The molecular weight excluding hydrogens is 226 g/mol. The number of nitrogens with one attached hydrogen (secondary N) is 1. The van der Waals surface area contributed by atoms with Gasteiger partial charge < -0.3 is 20.7 Å². The maximum absolute atomic E-state index is 5.71. The first-order chi connectivity index (χ1) is 8.83. The Hall–Kier alpha value is -0.600. The van der Waals surface area contributed by atoms with Crippen LogP contribution in [0, 0.1) is 11.8 Å². The van der Waals surface area contributed by atoms with Gasteiger partial charge in [-0.1, -0.05) is 0 Å². The number of ether oxygens (including phenoxy) is 1. The molecule has 0 atom stereocenters. The van der Waals surface area contributed by atoms with Gasteiger partial charge in [0.05, 0.1) is 0 Å². The number of nitrogens with zero attached hydrogens (tertiary/aromatic N) is 1. The molecule has 0 aliphatic carbocycles. The van der Waals surface area contributed by atoms with Gasteiger partial charge in [0, 0.05) is 51.9 Å². The van der Waals surface area contributed by atoms with E-state index in [0.29, 0.717) is 6.04 Å². The monoisotopic (exact) mass is 253 g/mol. The van der Waals surface area contributed by atoms with Crippen molar-refractivity contribution in [2.75, 3.05) is 45.9 Å². The van der Waals surface area contributed by atoms with E-state index in [4.69, 9.17) is 10.5 Å². The van der Waals surface area contributed by atoms with E-state index in [-0.39, 0.29) is 0 Å². The summed E-state index contributed by atoms with van der Waals surface area (Å²) < 4.78 is 5.58. The van der Waals surface area contributed by atoms with Crippen molar-refractivity contribution in [1.82, 2.24) is 10.2 Å². The van der Waals surface area contributed by atoms with Crippen molar-refractivity contribution in [3.8, 4) is 11.8 Å².